The summed E-state index contributed by atoms with van der Waals surface area (Å²) in [6, 6.07) is 0.895. The van der Waals surface area contributed by atoms with E-state index in [0.29, 0.717) is 5.41 Å². The molecule has 58 valence electrons. The molecule has 3 fully saturated rings. The molecule has 0 spiro atoms. The summed E-state index contributed by atoms with van der Waals surface area (Å²) in [6.45, 7) is 6.17. The van der Waals surface area contributed by atoms with Crippen molar-refractivity contribution in [3.8, 4) is 0 Å². The van der Waals surface area contributed by atoms with Crippen molar-refractivity contribution in [2.75, 3.05) is 13.6 Å². The van der Waals surface area contributed by atoms with E-state index in [0.717, 1.165) is 12.0 Å². The van der Waals surface area contributed by atoms with Crippen molar-refractivity contribution in [2.24, 2.45) is 11.3 Å². The van der Waals surface area contributed by atoms with Crippen LogP contribution in [0.25, 0.3) is 0 Å². The number of hydrogen-bond donors (Lipinski definition) is 0. The van der Waals surface area contributed by atoms with Gasteiger partial charge >= 0.3 is 0 Å². The van der Waals surface area contributed by atoms with E-state index in [-0.39, 0.29) is 0 Å². The van der Waals surface area contributed by atoms with Gasteiger partial charge < -0.3 is 4.90 Å². The molecule has 2 heterocycles. The van der Waals surface area contributed by atoms with E-state index in [1.807, 2.05) is 0 Å². The van der Waals surface area contributed by atoms with Gasteiger partial charge in [-0.15, -0.1) is 0 Å². The molecule has 0 aromatic heterocycles. The van der Waals surface area contributed by atoms with Crippen LogP contribution in [0.15, 0.2) is 0 Å². The molecule has 0 amide bonds. The van der Waals surface area contributed by atoms with E-state index in [1.165, 1.54) is 19.4 Å². The Bertz CT molecular complexity index is 149. The average Bonchev–Trinajstić information content (AvgIpc) is 1.87. The second-order valence-electron chi connectivity index (χ2n) is 4.54. The number of piperidine rings is 2. The van der Waals surface area contributed by atoms with Gasteiger partial charge in [-0.05, 0) is 37.8 Å². The van der Waals surface area contributed by atoms with Crippen molar-refractivity contribution in [1.82, 2.24) is 4.90 Å². The molecule has 3 aliphatic rings. The number of rotatable bonds is 0. The van der Waals surface area contributed by atoms with Crippen molar-refractivity contribution in [1.29, 1.82) is 0 Å². The van der Waals surface area contributed by atoms with Crippen LogP contribution in [0.5, 0.6) is 0 Å². The molecule has 1 nitrogen and oxygen atoms in total. The molecule has 2 saturated heterocycles. The van der Waals surface area contributed by atoms with Crippen LogP contribution in [-0.2, 0) is 0 Å². The third-order valence-electron chi connectivity index (χ3n) is 3.78. The van der Waals surface area contributed by atoms with Crippen molar-refractivity contribution in [2.45, 2.75) is 32.7 Å². The first kappa shape index (κ1) is 6.66. The van der Waals surface area contributed by atoms with Gasteiger partial charge in [-0.25, -0.2) is 0 Å². The van der Waals surface area contributed by atoms with Crippen LogP contribution in [0, 0.1) is 11.3 Å². The number of fused-ring (bicyclic) bond motifs is 2. The predicted octanol–water partition coefficient (Wildman–Crippen LogP) is 1.74. The van der Waals surface area contributed by atoms with Crippen LogP contribution < -0.4 is 0 Å². The highest BCUT2D eigenvalue weighted by molar-refractivity contribution is 5.05. The number of hydrogen-bond acceptors (Lipinski definition) is 1. The SMILES string of the molecule is CN1CC[C@@H]2C[C@H]1C2(C)C. The Balaban J connectivity index is 2.16. The van der Waals surface area contributed by atoms with Gasteiger partial charge in [-0.2, -0.15) is 0 Å². The lowest BCUT2D eigenvalue weighted by molar-refractivity contribution is -0.101. The molecule has 1 heteroatoms. The first-order chi connectivity index (χ1) is 4.62. The maximum atomic E-state index is 2.53. The molecule has 0 aromatic carbocycles. The molecular formula is C9H17N. The van der Waals surface area contributed by atoms with E-state index in [4.69, 9.17) is 0 Å². The van der Waals surface area contributed by atoms with Crippen LogP contribution in [0.4, 0.5) is 0 Å². The zero-order valence-corrected chi connectivity index (χ0v) is 7.22. The Kier molecular flexibility index (Phi) is 1.17. The molecule has 2 bridgehead atoms. The van der Waals surface area contributed by atoms with Gasteiger partial charge in [0, 0.05) is 6.04 Å². The van der Waals surface area contributed by atoms with Crippen molar-refractivity contribution < 1.29 is 0 Å². The molecular weight excluding hydrogens is 122 g/mol. The van der Waals surface area contributed by atoms with Crippen LogP contribution >= 0.6 is 0 Å². The summed E-state index contributed by atoms with van der Waals surface area (Å²) >= 11 is 0. The molecule has 10 heavy (non-hydrogen) atoms. The lowest BCUT2D eigenvalue weighted by atomic mass is 9.55. The van der Waals surface area contributed by atoms with Gasteiger partial charge in [0.2, 0.25) is 0 Å². The molecule has 1 aliphatic carbocycles. The van der Waals surface area contributed by atoms with Crippen LogP contribution in [0.1, 0.15) is 26.7 Å². The van der Waals surface area contributed by atoms with E-state index in [9.17, 15) is 0 Å². The Morgan fingerprint density at radius 2 is 2.10 bits per heavy atom. The zero-order valence-electron chi connectivity index (χ0n) is 7.22. The fraction of sp³-hybridized carbons (Fsp3) is 1.00. The summed E-state index contributed by atoms with van der Waals surface area (Å²) in [5.41, 5.74) is 0.632. The molecule has 0 N–H and O–H groups in total. The smallest absolute Gasteiger partial charge is 0.0149 e. The predicted molar refractivity (Wildman–Crippen MR) is 42.9 cm³/mol. The molecule has 0 unspecified atom stereocenters. The van der Waals surface area contributed by atoms with Gasteiger partial charge in [0.25, 0.3) is 0 Å². The Morgan fingerprint density at radius 3 is 2.40 bits per heavy atom. The average molecular weight is 139 g/mol. The highest BCUT2D eigenvalue weighted by atomic mass is 15.2. The Hall–Kier alpha value is -0.0400. The molecule has 0 aromatic rings. The first-order valence-corrected chi connectivity index (χ1v) is 4.32. The second-order valence-corrected chi connectivity index (χ2v) is 4.54. The summed E-state index contributed by atoms with van der Waals surface area (Å²) < 4.78 is 0. The Labute approximate surface area is 63.4 Å². The lowest BCUT2D eigenvalue weighted by Crippen LogP contribution is -2.62. The highest BCUT2D eigenvalue weighted by Crippen LogP contribution is 2.53. The third-order valence-corrected chi connectivity index (χ3v) is 3.78. The second kappa shape index (κ2) is 1.76. The topological polar surface area (TPSA) is 3.24 Å². The summed E-state index contributed by atoms with van der Waals surface area (Å²) in [4.78, 5) is 2.53. The van der Waals surface area contributed by atoms with Crippen LogP contribution in [0.2, 0.25) is 0 Å². The van der Waals surface area contributed by atoms with E-state index < -0.39 is 0 Å². The van der Waals surface area contributed by atoms with Crippen molar-refractivity contribution >= 4 is 0 Å². The van der Waals surface area contributed by atoms with Crippen molar-refractivity contribution in [3.05, 3.63) is 0 Å². The van der Waals surface area contributed by atoms with E-state index in [2.05, 4.69) is 25.8 Å². The van der Waals surface area contributed by atoms with Gasteiger partial charge in [0.1, 0.15) is 0 Å². The van der Waals surface area contributed by atoms with Crippen LogP contribution in [0.3, 0.4) is 0 Å². The highest BCUT2D eigenvalue weighted by Gasteiger charge is 2.52. The molecule has 2 atom stereocenters. The van der Waals surface area contributed by atoms with Crippen LogP contribution in [-0.4, -0.2) is 24.5 Å². The standard InChI is InChI=1S/C9H17N/c1-9(2)7-4-5-10(3)8(9)6-7/h7-8H,4-6H2,1-3H3/t7-,8+/m1/s1. The zero-order chi connectivity index (χ0) is 7.35. The fourth-order valence-electron chi connectivity index (χ4n) is 2.74. The van der Waals surface area contributed by atoms with Gasteiger partial charge in [0.05, 0.1) is 0 Å². The minimum atomic E-state index is 0.632. The maximum absolute atomic E-state index is 2.53. The third kappa shape index (κ3) is 0.619. The summed E-state index contributed by atoms with van der Waals surface area (Å²) in [6.07, 6.45) is 2.89. The molecule has 2 aliphatic heterocycles. The lowest BCUT2D eigenvalue weighted by Gasteiger charge is -2.60. The van der Waals surface area contributed by atoms with E-state index >= 15 is 0 Å². The first-order valence-electron chi connectivity index (χ1n) is 4.32. The minimum Gasteiger partial charge on any atom is -0.303 e. The largest absolute Gasteiger partial charge is 0.303 e. The summed E-state index contributed by atoms with van der Waals surface area (Å²) in [7, 11) is 2.27. The molecule has 3 rings (SSSR count). The maximum Gasteiger partial charge on any atom is 0.0149 e. The normalized spacial score (nSPS) is 44.7. The van der Waals surface area contributed by atoms with E-state index in [1.54, 1.807) is 0 Å². The Morgan fingerprint density at radius 1 is 1.40 bits per heavy atom. The van der Waals surface area contributed by atoms with Crippen molar-refractivity contribution in [3.63, 3.8) is 0 Å². The van der Waals surface area contributed by atoms with Gasteiger partial charge in [0.15, 0.2) is 0 Å². The van der Waals surface area contributed by atoms with Gasteiger partial charge in [-0.3, -0.25) is 0 Å². The van der Waals surface area contributed by atoms with Gasteiger partial charge in [-0.1, -0.05) is 13.8 Å². The fourth-order valence-corrected chi connectivity index (χ4v) is 2.74. The minimum absolute atomic E-state index is 0.632. The monoisotopic (exact) mass is 139 g/mol. The summed E-state index contributed by atoms with van der Waals surface area (Å²) in [5, 5.41) is 0. The quantitative estimate of drug-likeness (QED) is 0.494. The molecule has 1 saturated carbocycles. The number of nitrogens with zero attached hydrogens (tertiary/aromatic N) is 1. The summed E-state index contributed by atoms with van der Waals surface area (Å²) in [5.74, 6) is 1.04. The molecule has 0 radical (unpaired) electrons.